The van der Waals surface area contributed by atoms with Crippen LogP contribution in [-0.4, -0.2) is 66.5 Å². The van der Waals surface area contributed by atoms with Gasteiger partial charge >= 0.3 is 0 Å². The molecule has 0 radical (unpaired) electrons. The third kappa shape index (κ3) is 3.43. The maximum absolute atomic E-state index is 12.3. The molecule has 128 valence electrons. The highest BCUT2D eigenvalue weighted by Crippen LogP contribution is 2.31. The van der Waals surface area contributed by atoms with Crippen LogP contribution in [0, 0.1) is 0 Å². The predicted octanol–water partition coefficient (Wildman–Crippen LogP) is 2.80. The second-order valence-corrected chi connectivity index (χ2v) is 8.38. The Labute approximate surface area is 154 Å². The third-order valence-corrected chi connectivity index (χ3v) is 6.37. The average molecular weight is 409 g/mol. The molecule has 0 atom stereocenters. The Hall–Kier alpha value is -1.18. The van der Waals surface area contributed by atoms with Gasteiger partial charge in [0.2, 0.25) is 5.91 Å². The number of hydrogen-bond donors (Lipinski definition) is 0. The van der Waals surface area contributed by atoms with Gasteiger partial charge in [-0.05, 0) is 31.0 Å². The number of piperazine rings is 1. The highest BCUT2D eigenvalue weighted by Gasteiger charge is 2.24. The minimum atomic E-state index is 0.297. The summed E-state index contributed by atoms with van der Waals surface area (Å²) in [7, 11) is 0. The van der Waals surface area contributed by atoms with Crippen LogP contribution in [0.4, 0.5) is 5.13 Å². The summed E-state index contributed by atoms with van der Waals surface area (Å²) in [6.07, 6.45) is 2.32. The molecule has 1 amide bonds. The normalized spacial score (nSPS) is 19.4. The molecular formula is C17H21BrN4OS. The molecule has 1 aromatic carbocycles. The van der Waals surface area contributed by atoms with Crippen LogP contribution in [0.3, 0.4) is 0 Å². The van der Waals surface area contributed by atoms with E-state index in [2.05, 4.69) is 37.9 Å². The maximum Gasteiger partial charge on any atom is 0.236 e. The lowest BCUT2D eigenvalue weighted by molar-refractivity contribution is -0.131. The first kappa shape index (κ1) is 16.3. The van der Waals surface area contributed by atoms with Gasteiger partial charge in [-0.3, -0.25) is 9.69 Å². The van der Waals surface area contributed by atoms with Crippen molar-refractivity contribution in [2.75, 3.05) is 50.7 Å². The zero-order valence-corrected chi connectivity index (χ0v) is 16.0. The van der Waals surface area contributed by atoms with Gasteiger partial charge in [0.05, 0.1) is 16.8 Å². The Morgan fingerprint density at radius 1 is 1.12 bits per heavy atom. The monoisotopic (exact) mass is 408 g/mol. The van der Waals surface area contributed by atoms with Crippen molar-refractivity contribution in [3.63, 3.8) is 0 Å². The van der Waals surface area contributed by atoms with E-state index in [4.69, 9.17) is 4.98 Å². The van der Waals surface area contributed by atoms with Crippen molar-refractivity contribution in [1.29, 1.82) is 0 Å². The van der Waals surface area contributed by atoms with Crippen molar-refractivity contribution in [3.05, 3.63) is 22.7 Å². The SMILES string of the molecule is O=C(CN1CCN(c2nc3ccc(Br)cc3s2)CC1)N1CCCC1. The molecule has 2 aliphatic heterocycles. The zero-order valence-electron chi connectivity index (χ0n) is 13.6. The molecule has 0 unspecified atom stereocenters. The average Bonchev–Trinajstić information content (AvgIpc) is 3.24. The molecule has 2 fully saturated rings. The van der Waals surface area contributed by atoms with Crippen LogP contribution < -0.4 is 4.90 Å². The van der Waals surface area contributed by atoms with Crippen molar-refractivity contribution in [2.24, 2.45) is 0 Å². The molecule has 2 aromatic rings. The Kier molecular flexibility index (Phi) is 4.74. The first-order valence-corrected chi connectivity index (χ1v) is 10.1. The molecule has 2 aliphatic rings. The van der Waals surface area contributed by atoms with Crippen LogP contribution in [0.1, 0.15) is 12.8 Å². The fourth-order valence-corrected chi connectivity index (χ4v) is 4.95. The molecule has 0 aliphatic carbocycles. The fourth-order valence-electron chi connectivity index (χ4n) is 3.38. The van der Waals surface area contributed by atoms with Crippen molar-refractivity contribution < 1.29 is 4.79 Å². The Balaban J connectivity index is 1.35. The Morgan fingerprint density at radius 3 is 2.62 bits per heavy atom. The van der Waals surface area contributed by atoms with Gasteiger partial charge in [0.15, 0.2) is 5.13 Å². The molecule has 0 spiro atoms. The van der Waals surface area contributed by atoms with E-state index in [1.165, 1.54) is 4.70 Å². The first-order chi connectivity index (χ1) is 11.7. The number of aromatic nitrogens is 1. The minimum Gasteiger partial charge on any atom is -0.345 e. The molecule has 0 bridgehead atoms. The molecule has 4 rings (SSSR count). The third-order valence-electron chi connectivity index (χ3n) is 4.80. The highest BCUT2D eigenvalue weighted by molar-refractivity contribution is 9.10. The van der Waals surface area contributed by atoms with Gasteiger partial charge in [0, 0.05) is 43.7 Å². The van der Waals surface area contributed by atoms with Gasteiger partial charge in [0.1, 0.15) is 0 Å². The number of benzene rings is 1. The van der Waals surface area contributed by atoms with Gasteiger partial charge in [-0.1, -0.05) is 27.3 Å². The molecule has 24 heavy (non-hydrogen) atoms. The van der Waals surface area contributed by atoms with Crippen molar-refractivity contribution in [1.82, 2.24) is 14.8 Å². The number of amides is 1. The maximum atomic E-state index is 12.3. The smallest absolute Gasteiger partial charge is 0.236 e. The molecule has 3 heterocycles. The molecular weight excluding hydrogens is 388 g/mol. The Bertz CT molecular complexity index is 735. The number of nitrogens with zero attached hydrogens (tertiary/aromatic N) is 4. The minimum absolute atomic E-state index is 0.297. The van der Waals surface area contributed by atoms with Crippen LogP contribution in [0.5, 0.6) is 0 Å². The van der Waals surface area contributed by atoms with Crippen molar-refractivity contribution >= 4 is 48.5 Å². The zero-order chi connectivity index (χ0) is 16.5. The van der Waals surface area contributed by atoms with E-state index in [9.17, 15) is 4.79 Å². The molecule has 5 nitrogen and oxygen atoms in total. The van der Waals surface area contributed by atoms with Gasteiger partial charge < -0.3 is 9.80 Å². The summed E-state index contributed by atoms with van der Waals surface area (Å²) < 4.78 is 2.31. The van der Waals surface area contributed by atoms with E-state index >= 15 is 0 Å². The summed E-state index contributed by atoms with van der Waals surface area (Å²) in [6.45, 7) is 6.20. The van der Waals surface area contributed by atoms with E-state index in [1.807, 2.05) is 11.0 Å². The number of thiazole rings is 1. The lowest BCUT2D eigenvalue weighted by Gasteiger charge is -2.34. The lowest BCUT2D eigenvalue weighted by atomic mass is 10.3. The quantitative estimate of drug-likeness (QED) is 0.782. The highest BCUT2D eigenvalue weighted by atomic mass is 79.9. The van der Waals surface area contributed by atoms with E-state index in [1.54, 1.807) is 11.3 Å². The number of anilines is 1. The van der Waals surface area contributed by atoms with Gasteiger partial charge in [0.25, 0.3) is 0 Å². The standard InChI is InChI=1S/C17H21BrN4OS/c18-13-3-4-14-15(11-13)24-17(19-14)22-9-7-20(8-10-22)12-16(23)21-5-1-2-6-21/h3-4,11H,1-2,5-10,12H2. The van der Waals surface area contributed by atoms with Crippen LogP contribution in [0.15, 0.2) is 22.7 Å². The van der Waals surface area contributed by atoms with Crippen molar-refractivity contribution in [3.8, 4) is 0 Å². The topological polar surface area (TPSA) is 39.7 Å². The number of fused-ring (bicyclic) bond motifs is 1. The first-order valence-electron chi connectivity index (χ1n) is 8.50. The molecule has 1 aromatic heterocycles. The fraction of sp³-hybridized carbons (Fsp3) is 0.529. The largest absolute Gasteiger partial charge is 0.345 e. The van der Waals surface area contributed by atoms with Crippen molar-refractivity contribution in [2.45, 2.75) is 12.8 Å². The number of carbonyl (C=O) groups excluding carboxylic acids is 1. The van der Waals surface area contributed by atoms with E-state index < -0.39 is 0 Å². The summed E-state index contributed by atoms with van der Waals surface area (Å²) in [5.41, 5.74) is 1.06. The lowest BCUT2D eigenvalue weighted by Crippen LogP contribution is -2.49. The molecule has 0 saturated carbocycles. The summed E-state index contributed by atoms with van der Waals surface area (Å²) in [4.78, 5) is 23.7. The molecule has 2 saturated heterocycles. The number of likely N-dealkylation sites (tertiary alicyclic amines) is 1. The second-order valence-electron chi connectivity index (χ2n) is 6.46. The summed E-state index contributed by atoms with van der Waals surface area (Å²) in [5, 5.41) is 1.09. The van der Waals surface area contributed by atoms with E-state index in [0.29, 0.717) is 12.5 Å². The van der Waals surface area contributed by atoms with Gasteiger partial charge in [-0.15, -0.1) is 0 Å². The number of rotatable bonds is 3. The van der Waals surface area contributed by atoms with Crippen LogP contribution in [-0.2, 0) is 4.79 Å². The summed E-state index contributed by atoms with van der Waals surface area (Å²) in [6, 6.07) is 6.22. The molecule has 7 heteroatoms. The number of carbonyl (C=O) groups is 1. The molecule has 0 N–H and O–H groups in total. The van der Waals surface area contributed by atoms with Gasteiger partial charge in [-0.25, -0.2) is 4.98 Å². The van der Waals surface area contributed by atoms with Crippen LogP contribution in [0.25, 0.3) is 10.2 Å². The van der Waals surface area contributed by atoms with Crippen LogP contribution in [0.2, 0.25) is 0 Å². The predicted molar refractivity (Wildman–Crippen MR) is 102 cm³/mol. The van der Waals surface area contributed by atoms with E-state index in [-0.39, 0.29) is 0 Å². The summed E-state index contributed by atoms with van der Waals surface area (Å²) in [5.74, 6) is 0.297. The number of halogens is 1. The van der Waals surface area contributed by atoms with Crippen LogP contribution >= 0.6 is 27.3 Å². The van der Waals surface area contributed by atoms with E-state index in [0.717, 1.165) is 67.2 Å². The second kappa shape index (κ2) is 6.98. The summed E-state index contributed by atoms with van der Waals surface area (Å²) >= 11 is 5.26. The number of hydrogen-bond acceptors (Lipinski definition) is 5. The van der Waals surface area contributed by atoms with Gasteiger partial charge in [-0.2, -0.15) is 0 Å². The Morgan fingerprint density at radius 2 is 1.88 bits per heavy atom.